The average Bonchev–Trinajstić information content (AvgIpc) is 3.02. The van der Waals surface area contributed by atoms with E-state index >= 15 is 0 Å². The van der Waals surface area contributed by atoms with Gasteiger partial charge in [-0.3, -0.25) is 0 Å². The van der Waals surface area contributed by atoms with E-state index in [4.69, 9.17) is 16.3 Å². The number of nitrogens with one attached hydrogen (secondary N) is 1. The van der Waals surface area contributed by atoms with E-state index in [0.717, 1.165) is 42.9 Å². The van der Waals surface area contributed by atoms with Crippen molar-refractivity contribution in [2.45, 2.75) is 9.79 Å². The van der Waals surface area contributed by atoms with Crippen LogP contribution in [0.15, 0.2) is 76.7 Å². The minimum atomic E-state index is 0.734. The Morgan fingerprint density at radius 1 is 1.04 bits per heavy atom. The molecular weight excluding hydrogens is 352 g/mol. The predicted octanol–water partition coefficient (Wildman–Crippen LogP) is 6.04. The van der Waals surface area contributed by atoms with Crippen molar-refractivity contribution in [1.29, 1.82) is 0 Å². The van der Waals surface area contributed by atoms with Crippen molar-refractivity contribution in [3.63, 3.8) is 0 Å². The summed E-state index contributed by atoms with van der Waals surface area (Å²) >= 11 is 7.71. The van der Waals surface area contributed by atoms with Gasteiger partial charge in [0.25, 0.3) is 0 Å². The summed E-state index contributed by atoms with van der Waals surface area (Å²) in [5.41, 5.74) is 2.97. The van der Waals surface area contributed by atoms with Gasteiger partial charge in [-0.05, 0) is 48.5 Å². The maximum atomic E-state index is 6.01. The van der Waals surface area contributed by atoms with E-state index in [1.807, 2.05) is 48.5 Å². The number of rotatable bonds is 4. The number of ether oxygens (including phenoxy) is 1. The number of fused-ring (bicyclic) bond motifs is 1. The van der Waals surface area contributed by atoms with E-state index < -0.39 is 0 Å². The molecule has 0 saturated carbocycles. The summed E-state index contributed by atoms with van der Waals surface area (Å²) in [4.78, 5) is 10.2. The largest absolute Gasteiger partial charge is 0.497 e. The summed E-state index contributed by atoms with van der Waals surface area (Å²) in [5.74, 6) is 0.826. The van der Waals surface area contributed by atoms with Crippen LogP contribution in [-0.2, 0) is 0 Å². The first-order valence-electron chi connectivity index (χ1n) is 7.79. The van der Waals surface area contributed by atoms with Crippen LogP contribution >= 0.6 is 23.4 Å². The molecule has 3 nitrogen and oxygen atoms in total. The Morgan fingerprint density at radius 3 is 2.68 bits per heavy atom. The van der Waals surface area contributed by atoms with E-state index in [1.165, 1.54) is 0 Å². The Bertz CT molecular complexity index is 1030. The fourth-order valence-corrected chi connectivity index (χ4v) is 3.89. The third kappa shape index (κ3) is 3.23. The highest BCUT2D eigenvalue weighted by atomic mass is 35.5. The van der Waals surface area contributed by atoms with Crippen LogP contribution in [0.3, 0.4) is 0 Å². The van der Waals surface area contributed by atoms with Crippen LogP contribution in [-0.4, -0.2) is 17.1 Å². The number of methoxy groups -OCH3 is 1. The van der Waals surface area contributed by atoms with Crippen molar-refractivity contribution in [3.8, 4) is 17.0 Å². The molecular formula is C20H15ClN2OS. The van der Waals surface area contributed by atoms with Crippen molar-refractivity contribution in [2.24, 2.45) is 0 Å². The Morgan fingerprint density at radius 2 is 1.88 bits per heavy atom. The van der Waals surface area contributed by atoms with Crippen molar-refractivity contribution in [3.05, 3.63) is 71.9 Å². The Hall–Kier alpha value is -2.43. The van der Waals surface area contributed by atoms with Crippen LogP contribution in [0.4, 0.5) is 0 Å². The highest BCUT2D eigenvalue weighted by Crippen LogP contribution is 2.41. The molecule has 124 valence electrons. The van der Waals surface area contributed by atoms with Gasteiger partial charge in [0.1, 0.15) is 11.4 Å². The smallest absolute Gasteiger partial charge is 0.138 e. The molecule has 0 aliphatic heterocycles. The summed E-state index contributed by atoms with van der Waals surface area (Å²) < 4.78 is 5.37. The SMILES string of the molecule is COc1cccc(-c2[nH]c3ncccc3c2Sc2ccc(Cl)cc2)c1. The normalized spacial score (nSPS) is 11.0. The van der Waals surface area contributed by atoms with E-state index in [2.05, 4.69) is 22.1 Å². The lowest BCUT2D eigenvalue weighted by Gasteiger charge is -2.07. The number of hydrogen-bond donors (Lipinski definition) is 1. The third-order valence-electron chi connectivity index (χ3n) is 3.91. The highest BCUT2D eigenvalue weighted by molar-refractivity contribution is 7.99. The molecule has 0 spiro atoms. The van der Waals surface area contributed by atoms with Gasteiger partial charge in [-0.1, -0.05) is 35.5 Å². The molecule has 0 amide bonds. The molecule has 2 heterocycles. The van der Waals surface area contributed by atoms with Gasteiger partial charge in [-0.25, -0.2) is 4.98 Å². The molecule has 4 rings (SSSR count). The molecule has 0 aliphatic rings. The minimum Gasteiger partial charge on any atom is -0.497 e. The maximum absolute atomic E-state index is 6.01. The molecule has 0 atom stereocenters. The molecule has 25 heavy (non-hydrogen) atoms. The van der Waals surface area contributed by atoms with E-state index in [9.17, 15) is 0 Å². The number of aromatic amines is 1. The van der Waals surface area contributed by atoms with Crippen molar-refractivity contribution in [2.75, 3.05) is 7.11 Å². The molecule has 0 bridgehead atoms. The number of H-pyrrole nitrogens is 1. The summed E-state index contributed by atoms with van der Waals surface area (Å²) in [7, 11) is 1.68. The molecule has 0 unspecified atom stereocenters. The number of benzene rings is 2. The third-order valence-corrected chi connectivity index (χ3v) is 5.30. The van der Waals surface area contributed by atoms with Gasteiger partial charge in [-0.2, -0.15) is 0 Å². The highest BCUT2D eigenvalue weighted by Gasteiger charge is 2.15. The number of pyridine rings is 1. The van der Waals surface area contributed by atoms with E-state index in [0.29, 0.717) is 0 Å². The van der Waals surface area contributed by atoms with Crippen LogP contribution < -0.4 is 4.74 Å². The fraction of sp³-hybridized carbons (Fsp3) is 0.0500. The van der Waals surface area contributed by atoms with Gasteiger partial charge >= 0.3 is 0 Å². The Balaban J connectivity index is 1.87. The number of aromatic nitrogens is 2. The monoisotopic (exact) mass is 366 g/mol. The van der Waals surface area contributed by atoms with Crippen LogP contribution in [0, 0.1) is 0 Å². The van der Waals surface area contributed by atoms with Crippen molar-refractivity contribution in [1.82, 2.24) is 9.97 Å². The minimum absolute atomic E-state index is 0.734. The standard InChI is InChI=1S/C20H15ClN2OS/c1-24-15-5-2-4-13(12-15)18-19(17-6-3-11-22-20(17)23-18)25-16-9-7-14(21)8-10-16/h2-12H,1H3,(H,22,23). The lowest BCUT2D eigenvalue weighted by atomic mass is 10.1. The van der Waals surface area contributed by atoms with Crippen molar-refractivity contribution < 1.29 is 4.74 Å². The summed E-state index contributed by atoms with van der Waals surface area (Å²) in [6.07, 6.45) is 1.80. The number of nitrogens with zero attached hydrogens (tertiary/aromatic N) is 1. The molecule has 1 N–H and O–H groups in total. The van der Waals surface area contributed by atoms with Crippen LogP contribution in [0.5, 0.6) is 5.75 Å². The number of halogens is 1. The van der Waals surface area contributed by atoms with Crippen LogP contribution in [0.25, 0.3) is 22.3 Å². The second kappa shape index (κ2) is 6.82. The van der Waals surface area contributed by atoms with Gasteiger partial charge < -0.3 is 9.72 Å². The predicted molar refractivity (Wildman–Crippen MR) is 104 cm³/mol. The topological polar surface area (TPSA) is 37.9 Å². The first-order valence-corrected chi connectivity index (χ1v) is 8.98. The van der Waals surface area contributed by atoms with E-state index in [-0.39, 0.29) is 0 Å². The summed E-state index contributed by atoms with van der Waals surface area (Å²) in [5, 5.41) is 1.83. The summed E-state index contributed by atoms with van der Waals surface area (Å²) in [6.45, 7) is 0. The van der Waals surface area contributed by atoms with Gasteiger partial charge in [0.15, 0.2) is 0 Å². The zero-order chi connectivity index (χ0) is 17.2. The van der Waals surface area contributed by atoms with Gasteiger partial charge in [0, 0.05) is 32.0 Å². The molecule has 4 aromatic rings. The lowest BCUT2D eigenvalue weighted by Crippen LogP contribution is -1.85. The summed E-state index contributed by atoms with van der Waals surface area (Å²) in [6, 6.07) is 19.9. The van der Waals surface area contributed by atoms with Gasteiger partial charge in [0.2, 0.25) is 0 Å². The molecule has 0 aliphatic carbocycles. The zero-order valence-electron chi connectivity index (χ0n) is 13.5. The second-order valence-corrected chi connectivity index (χ2v) is 7.04. The molecule has 5 heteroatoms. The Kier molecular flexibility index (Phi) is 4.38. The molecule has 0 fully saturated rings. The second-order valence-electron chi connectivity index (χ2n) is 5.52. The zero-order valence-corrected chi connectivity index (χ0v) is 15.1. The average molecular weight is 367 g/mol. The van der Waals surface area contributed by atoms with Crippen molar-refractivity contribution >= 4 is 34.4 Å². The van der Waals surface area contributed by atoms with E-state index in [1.54, 1.807) is 25.1 Å². The number of hydrogen-bond acceptors (Lipinski definition) is 3. The molecule has 0 saturated heterocycles. The van der Waals surface area contributed by atoms with Crippen LogP contribution in [0.2, 0.25) is 5.02 Å². The Labute approximate surface area is 155 Å². The fourth-order valence-electron chi connectivity index (χ4n) is 2.71. The molecule has 2 aromatic heterocycles. The maximum Gasteiger partial charge on any atom is 0.138 e. The first kappa shape index (κ1) is 16.1. The first-order chi connectivity index (χ1) is 12.2. The molecule has 0 radical (unpaired) electrons. The quantitative estimate of drug-likeness (QED) is 0.478. The molecule has 2 aromatic carbocycles. The van der Waals surface area contributed by atoms with Crippen LogP contribution in [0.1, 0.15) is 0 Å². The van der Waals surface area contributed by atoms with Gasteiger partial charge in [0.05, 0.1) is 12.8 Å². The lowest BCUT2D eigenvalue weighted by molar-refractivity contribution is 0.415. The van der Waals surface area contributed by atoms with Gasteiger partial charge in [-0.15, -0.1) is 0 Å².